The number of Topliss-reactive ketones (excluding diaryl/α,β-unsaturated/α-hetero) is 1. The molecule has 2 N–H and O–H groups in total. The van der Waals surface area contributed by atoms with E-state index in [1.54, 1.807) is 11.3 Å². The number of nitrogens with two attached hydrogens (primary N) is 1. The van der Waals surface area contributed by atoms with Crippen LogP contribution in [-0.2, 0) is 0 Å². The van der Waals surface area contributed by atoms with Gasteiger partial charge in [-0.15, -0.1) is 11.3 Å². The Morgan fingerprint density at radius 2 is 2.55 bits per heavy atom. The van der Waals surface area contributed by atoms with Gasteiger partial charge in [0.15, 0.2) is 5.78 Å². The Bertz CT molecular complexity index is 292. The van der Waals surface area contributed by atoms with Crippen molar-refractivity contribution in [3.8, 4) is 0 Å². The molecule has 0 amide bonds. The summed E-state index contributed by atoms with van der Waals surface area (Å²) >= 11 is 1.65. The molecule has 1 heterocycles. The monoisotopic (exact) mass is 167 g/mol. The first-order valence-corrected chi connectivity index (χ1v) is 4.51. The lowest BCUT2D eigenvalue weighted by Gasteiger charge is -2.01. The molecule has 0 fully saturated rings. The van der Waals surface area contributed by atoms with Gasteiger partial charge in [0.2, 0.25) is 0 Å². The van der Waals surface area contributed by atoms with E-state index >= 15 is 0 Å². The zero-order valence-corrected chi connectivity index (χ0v) is 6.86. The number of rotatable bonds is 1. The van der Waals surface area contributed by atoms with Crippen molar-refractivity contribution in [2.75, 3.05) is 6.54 Å². The maximum absolute atomic E-state index is 11.2. The Morgan fingerprint density at radius 1 is 1.73 bits per heavy atom. The SMILES string of the molecule is NCC1CC(=O)c2ccsc21. The van der Waals surface area contributed by atoms with Crippen molar-refractivity contribution >= 4 is 17.1 Å². The lowest BCUT2D eigenvalue weighted by Crippen LogP contribution is -2.08. The maximum atomic E-state index is 11.2. The third-order valence-corrected chi connectivity index (χ3v) is 3.16. The number of hydrogen-bond acceptors (Lipinski definition) is 3. The van der Waals surface area contributed by atoms with E-state index in [4.69, 9.17) is 5.73 Å². The topological polar surface area (TPSA) is 43.1 Å². The van der Waals surface area contributed by atoms with E-state index in [0.29, 0.717) is 18.9 Å². The molecule has 0 spiro atoms. The molecule has 0 bridgehead atoms. The van der Waals surface area contributed by atoms with Crippen LogP contribution < -0.4 is 5.73 Å². The van der Waals surface area contributed by atoms with Gasteiger partial charge >= 0.3 is 0 Å². The van der Waals surface area contributed by atoms with Crippen molar-refractivity contribution in [1.82, 2.24) is 0 Å². The van der Waals surface area contributed by atoms with Gasteiger partial charge in [-0.3, -0.25) is 4.79 Å². The molecular weight excluding hydrogens is 158 g/mol. The van der Waals surface area contributed by atoms with Crippen molar-refractivity contribution in [3.63, 3.8) is 0 Å². The molecule has 1 aliphatic rings. The van der Waals surface area contributed by atoms with Crippen LogP contribution in [-0.4, -0.2) is 12.3 Å². The maximum Gasteiger partial charge on any atom is 0.164 e. The summed E-state index contributed by atoms with van der Waals surface area (Å²) in [5.74, 6) is 0.564. The minimum absolute atomic E-state index is 0.261. The molecule has 1 atom stereocenters. The molecule has 0 aromatic carbocycles. The van der Waals surface area contributed by atoms with Gasteiger partial charge in [0.05, 0.1) is 0 Å². The smallest absolute Gasteiger partial charge is 0.164 e. The summed E-state index contributed by atoms with van der Waals surface area (Å²) in [5, 5.41) is 1.96. The number of carbonyl (C=O) groups excluding carboxylic acids is 1. The Labute approximate surface area is 69.0 Å². The van der Waals surface area contributed by atoms with Crippen LogP contribution in [0.4, 0.5) is 0 Å². The zero-order chi connectivity index (χ0) is 7.84. The molecule has 0 saturated heterocycles. The molecule has 1 aromatic rings. The van der Waals surface area contributed by atoms with Crippen molar-refractivity contribution in [2.45, 2.75) is 12.3 Å². The van der Waals surface area contributed by atoms with E-state index in [2.05, 4.69) is 0 Å². The second-order valence-electron chi connectivity index (χ2n) is 2.76. The average molecular weight is 167 g/mol. The number of hydrogen-bond donors (Lipinski definition) is 1. The summed E-state index contributed by atoms with van der Waals surface area (Å²) in [6.07, 6.45) is 0.624. The summed E-state index contributed by atoms with van der Waals surface area (Å²) in [4.78, 5) is 12.4. The first kappa shape index (κ1) is 7.00. The highest BCUT2D eigenvalue weighted by molar-refractivity contribution is 7.10. The van der Waals surface area contributed by atoms with Crippen LogP contribution in [0.15, 0.2) is 11.4 Å². The molecule has 0 saturated carbocycles. The summed E-state index contributed by atoms with van der Waals surface area (Å²) in [5.41, 5.74) is 6.43. The standard InChI is InChI=1S/C8H9NOS/c9-4-5-3-7(10)6-1-2-11-8(5)6/h1-2,5H,3-4,9H2. The molecule has 0 aliphatic heterocycles. The fraction of sp³-hybridized carbons (Fsp3) is 0.375. The summed E-state index contributed by atoms with van der Waals surface area (Å²) < 4.78 is 0. The lowest BCUT2D eigenvalue weighted by molar-refractivity contribution is 0.0989. The normalized spacial score (nSPS) is 22.3. The van der Waals surface area contributed by atoms with E-state index in [-0.39, 0.29) is 5.78 Å². The lowest BCUT2D eigenvalue weighted by atomic mass is 10.1. The van der Waals surface area contributed by atoms with Crippen LogP contribution >= 0.6 is 11.3 Å². The largest absolute Gasteiger partial charge is 0.330 e. The fourth-order valence-corrected chi connectivity index (χ4v) is 2.52. The molecular formula is C8H9NOS. The molecule has 11 heavy (non-hydrogen) atoms. The van der Waals surface area contributed by atoms with Crippen molar-refractivity contribution in [3.05, 3.63) is 21.9 Å². The minimum atomic E-state index is 0.261. The second kappa shape index (κ2) is 2.43. The Morgan fingerprint density at radius 3 is 3.27 bits per heavy atom. The number of carbonyl (C=O) groups is 1. The van der Waals surface area contributed by atoms with Crippen molar-refractivity contribution in [2.24, 2.45) is 5.73 Å². The highest BCUT2D eigenvalue weighted by Crippen LogP contribution is 2.35. The molecule has 1 aromatic heterocycles. The number of fused-ring (bicyclic) bond motifs is 1. The van der Waals surface area contributed by atoms with Gasteiger partial charge in [-0.05, 0) is 11.4 Å². The molecule has 3 heteroatoms. The first-order chi connectivity index (χ1) is 5.33. The van der Waals surface area contributed by atoms with Crippen LogP contribution in [0.1, 0.15) is 27.6 Å². The molecule has 1 aliphatic carbocycles. The van der Waals surface area contributed by atoms with Crippen LogP contribution in [0.3, 0.4) is 0 Å². The van der Waals surface area contributed by atoms with Gasteiger partial charge in [-0.2, -0.15) is 0 Å². The van der Waals surface area contributed by atoms with Crippen molar-refractivity contribution in [1.29, 1.82) is 0 Å². The first-order valence-electron chi connectivity index (χ1n) is 3.63. The van der Waals surface area contributed by atoms with Crippen LogP contribution in [0.5, 0.6) is 0 Å². The third-order valence-electron chi connectivity index (χ3n) is 2.08. The summed E-state index contributed by atoms with van der Waals surface area (Å²) in [7, 11) is 0. The molecule has 1 unspecified atom stereocenters. The molecule has 2 nitrogen and oxygen atoms in total. The van der Waals surface area contributed by atoms with Gasteiger partial charge in [0.1, 0.15) is 0 Å². The van der Waals surface area contributed by atoms with E-state index in [1.165, 1.54) is 4.88 Å². The van der Waals surface area contributed by atoms with E-state index < -0.39 is 0 Å². The highest BCUT2D eigenvalue weighted by Gasteiger charge is 2.28. The Kier molecular flexibility index (Phi) is 1.55. The fourth-order valence-electron chi connectivity index (χ4n) is 1.48. The van der Waals surface area contributed by atoms with E-state index in [1.807, 2.05) is 11.4 Å². The average Bonchev–Trinajstić information content (AvgIpc) is 2.54. The third kappa shape index (κ3) is 0.921. The molecule has 58 valence electrons. The number of ketones is 1. The van der Waals surface area contributed by atoms with Gasteiger partial charge < -0.3 is 5.73 Å². The van der Waals surface area contributed by atoms with Crippen LogP contribution in [0.25, 0.3) is 0 Å². The van der Waals surface area contributed by atoms with Gasteiger partial charge in [0, 0.05) is 29.3 Å². The minimum Gasteiger partial charge on any atom is -0.330 e. The van der Waals surface area contributed by atoms with E-state index in [0.717, 1.165) is 5.56 Å². The summed E-state index contributed by atoms with van der Waals surface area (Å²) in [6.45, 7) is 0.596. The zero-order valence-electron chi connectivity index (χ0n) is 6.04. The second-order valence-corrected chi connectivity index (χ2v) is 3.71. The van der Waals surface area contributed by atoms with Crippen LogP contribution in [0, 0.1) is 0 Å². The molecule has 0 radical (unpaired) electrons. The van der Waals surface area contributed by atoms with E-state index in [9.17, 15) is 4.79 Å². The van der Waals surface area contributed by atoms with Gasteiger partial charge in [0.25, 0.3) is 0 Å². The van der Waals surface area contributed by atoms with Gasteiger partial charge in [-0.25, -0.2) is 0 Å². The quantitative estimate of drug-likeness (QED) is 0.686. The highest BCUT2D eigenvalue weighted by atomic mass is 32.1. The predicted molar refractivity (Wildman–Crippen MR) is 45.1 cm³/mol. The van der Waals surface area contributed by atoms with Crippen molar-refractivity contribution < 1.29 is 4.79 Å². The van der Waals surface area contributed by atoms with Gasteiger partial charge in [-0.1, -0.05) is 0 Å². The molecule has 2 rings (SSSR count). The number of thiophene rings is 1. The summed E-state index contributed by atoms with van der Waals surface area (Å²) in [6, 6.07) is 1.90. The van der Waals surface area contributed by atoms with Crippen LogP contribution in [0.2, 0.25) is 0 Å². The predicted octanol–water partition coefficient (Wildman–Crippen LogP) is 1.38. The Hall–Kier alpha value is -0.670. The Balaban J connectivity index is 2.45.